The van der Waals surface area contributed by atoms with Crippen LogP contribution in [0.25, 0.3) is 21.5 Å². The molecule has 0 bridgehead atoms. The summed E-state index contributed by atoms with van der Waals surface area (Å²) in [5.41, 5.74) is 0.0223. The van der Waals surface area contributed by atoms with Crippen LogP contribution in [0.15, 0.2) is 146 Å². The van der Waals surface area contributed by atoms with Crippen molar-refractivity contribution in [2.24, 2.45) is 0 Å². The van der Waals surface area contributed by atoms with Crippen molar-refractivity contribution in [3.8, 4) is 0 Å². The highest BCUT2D eigenvalue weighted by molar-refractivity contribution is 7.35. The van der Waals surface area contributed by atoms with Gasteiger partial charge < -0.3 is 53.2 Å². The Kier molecular flexibility index (Phi) is 15.8. The molecule has 0 aromatic heterocycles. The van der Waals surface area contributed by atoms with Crippen LogP contribution in [0.1, 0.15) is 72.9 Å². The molecule has 6 aromatic rings. The van der Waals surface area contributed by atoms with Gasteiger partial charge in [-0.25, -0.2) is 0 Å². The van der Waals surface area contributed by atoms with Gasteiger partial charge in [-0.05, 0) is 94.3 Å². The van der Waals surface area contributed by atoms with Crippen molar-refractivity contribution in [1.82, 2.24) is 0 Å². The number of hydrogen-bond acceptors (Lipinski definition) is 11. The normalized spacial score (nSPS) is 26.2. The summed E-state index contributed by atoms with van der Waals surface area (Å²) >= 11 is 7.21. The zero-order valence-electron chi connectivity index (χ0n) is 41.5. The number of halogens is 1. The van der Waals surface area contributed by atoms with E-state index in [0.717, 1.165) is 21.9 Å². The topological polar surface area (TPSA) is 135 Å². The van der Waals surface area contributed by atoms with Gasteiger partial charge in [0.05, 0.1) is 33.0 Å². The average molecular weight is 994 g/mol. The van der Waals surface area contributed by atoms with E-state index in [-0.39, 0.29) is 31.0 Å². The van der Waals surface area contributed by atoms with Crippen molar-refractivity contribution in [3.63, 3.8) is 0 Å². The first kappa shape index (κ1) is 52.2. The Hall–Kier alpha value is -4.09. The molecule has 4 fully saturated rings. The van der Waals surface area contributed by atoms with Gasteiger partial charge >= 0.3 is 0 Å². The monoisotopic (exact) mass is 992 g/mol. The van der Waals surface area contributed by atoms with Gasteiger partial charge in [-0.1, -0.05) is 161 Å². The van der Waals surface area contributed by atoms with Crippen molar-refractivity contribution in [2.75, 3.05) is 19.8 Å². The minimum Gasteiger partial charge on any atom is -0.393 e. The third-order valence-electron chi connectivity index (χ3n) is 13.8. The van der Waals surface area contributed by atoms with Crippen LogP contribution in [0, 0.1) is 0 Å². The Morgan fingerprint density at radius 1 is 0.500 bits per heavy atom. The zero-order chi connectivity index (χ0) is 50.0. The fourth-order valence-electron chi connectivity index (χ4n) is 10.0. The summed E-state index contributed by atoms with van der Waals surface area (Å²) in [4.78, 5) is 0. The van der Waals surface area contributed by atoms with Gasteiger partial charge in [0.25, 0.3) is 0 Å². The van der Waals surface area contributed by atoms with Crippen LogP contribution in [0.4, 0.5) is 0 Å². The van der Waals surface area contributed by atoms with Crippen LogP contribution < -0.4 is 10.4 Å². The molecule has 4 saturated heterocycles. The summed E-state index contributed by atoms with van der Waals surface area (Å²) in [6.45, 7) is 15.9. The zero-order valence-corrected chi connectivity index (χ0v) is 43.3. The summed E-state index contributed by atoms with van der Waals surface area (Å²) in [7, 11) is -2.23. The van der Waals surface area contributed by atoms with Crippen molar-refractivity contribution in [1.29, 1.82) is 0 Å². The van der Waals surface area contributed by atoms with Crippen LogP contribution in [-0.2, 0) is 51.1 Å². The van der Waals surface area contributed by atoms with Crippen molar-refractivity contribution >= 4 is 50.4 Å². The minimum atomic E-state index is -2.23. The van der Waals surface area contributed by atoms with Crippen molar-refractivity contribution in [2.45, 2.75) is 140 Å². The number of ether oxygens (including phenoxy) is 8. The summed E-state index contributed by atoms with van der Waals surface area (Å²) < 4.78 is 47.7. The Morgan fingerprint density at radius 2 is 0.871 bits per heavy atom. The maximum Gasteiger partial charge on any atom is 0.222 e. The van der Waals surface area contributed by atoms with Gasteiger partial charge in [0.1, 0.15) is 35.6 Å². The lowest BCUT2D eigenvalue weighted by Crippen LogP contribution is -2.59. The second-order valence-electron chi connectivity index (χ2n) is 20.6. The molecule has 0 amide bonds. The Labute approximate surface area is 418 Å². The molecule has 3 N–H and O–H groups in total. The largest absolute Gasteiger partial charge is 0.393 e. The number of rotatable bonds is 12. The first-order valence-electron chi connectivity index (χ1n) is 24.3. The van der Waals surface area contributed by atoms with Crippen molar-refractivity contribution < 1.29 is 53.2 Å². The fourth-order valence-corrected chi connectivity index (χ4v) is 14.1. The number of aliphatic hydroxyl groups excluding tert-OH is 3. The maximum absolute atomic E-state index is 9.99. The summed E-state index contributed by atoms with van der Waals surface area (Å²) in [6, 6.07) is 49.8. The quantitative estimate of drug-likeness (QED) is 0.0801. The van der Waals surface area contributed by atoms with Gasteiger partial charge in [-0.3, -0.25) is 0 Å². The Balaban J connectivity index is 0.000000144. The molecule has 13 heteroatoms. The van der Waals surface area contributed by atoms with Gasteiger partial charge in [0, 0.05) is 0 Å². The lowest BCUT2D eigenvalue weighted by atomic mass is 9.93. The molecule has 11 nitrogen and oxygen atoms in total. The second kappa shape index (κ2) is 21.2. The molecule has 10 rings (SSSR count). The number of benzene rings is 6. The molecular weight excluding hydrogens is 924 g/mol. The molecule has 6 aromatic carbocycles. The SMILES string of the molecule is CC(C)(C)[Si](Cl)(c1ccccc1)c1ccccc1.CC1(C)O[C@H]2OC(CO)(CO)[C@@H](OCc3ccc4ccccc4c3)[C@H]2O1.CC[C@@]1(CO)O[C@@H]2OC(C)(C)O[C@@H]2[C@@H]1OCc1ccc2ccccc2c1. The third kappa shape index (κ3) is 10.8. The van der Waals surface area contributed by atoms with Crippen LogP contribution >= 0.6 is 11.1 Å². The molecule has 7 atom stereocenters. The van der Waals surface area contributed by atoms with E-state index >= 15 is 0 Å². The molecule has 4 aliphatic heterocycles. The van der Waals surface area contributed by atoms with Crippen LogP contribution in [0.5, 0.6) is 0 Å². The molecule has 0 saturated carbocycles. The van der Waals surface area contributed by atoms with Crippen LogP contribution in [-0.4, -0.2) is 102 Å². The lowest BCUT2D eigenvalue weighted by molar-refractivity contribution is -0.258. The lowest BCUT2D eigenvalue weighted by Gasteiger charge is -2.38. The standard InChI is InChI=1S/C21H26O5.C20H24O6.C16H19ClSi/c1-4-21(13-22)18(17-19(26-21)25-20(2,3)24-17)23-12-14-9-10-15-7-5-6-8-16(15)11-14;1-19(2)24-16-17(20(11-21,12-22)26-18(16)25-19)23-10-13-7-8-14-5-3-4-6-15(14)9-13;1-16(2,3)18(17,14-10-6-4-7-11-14)15-12-8-5-9-13-15/h5-11,17-19,22H,4,12-13H2,1-3H3;3-9,16-18,21-22H,10-12H2,1-2H3;4-13H,1-3H3/t17-,18+,19+,21+;16-,17+,18+;/m11./s1. The molecule has 0 unspecified atom stereocenters. The summed E-state index contributed by atoms with van der Waals surface area (Å²) in [5.74, 6) is -1.51. The van der Waals surface area contributed by atoms with Gasteiger partial charge in [-0.15, -0.1) is 0 Å². The van der Waals surface area contributed by atoms with E-state index in [1.54, 1.807) is 13.8 Å². The number of fused-ring (bicyclic) bond motifs is 4. The highest BCUT2D eigenvalue weighted by atomic mass is 35.6. The highest BCUT2D eigenvalue weighted by Crippen LogP contribution is 2.46. The minimum absolute atomic E-state index is 0.0667. The average Bonchev–Trinajstić information content (AvgIpc) is 4.03. The molecule has 0 aliphatic carbocycles. The van der Waals surface area contributed by atoms with E-state index in [4.69, 9.17) is 49.0 Å². The van der Waals surface area contributed by atoms with E-state index in [9.17, 15) is 15.3 Å². The predicted octanol–water partition coefficient (Wildman–Crippen LogP) is 9.12. The first-order chi connectivity index (χ1) is 33.4. The molecular formula is C57H69ClO11Si. The molecule has 374 valence electrons. The van der Waals surface area contributed by atoms with E-state index in [0.29, 0.717) is 19.6 Å². The summed E-state index contributed by atoms with van der Waals surface area (Å²) in [6.07, 6.45) is -2.47. The molecule has 0 spiro atoms. The van der Waals surface area contributed by atoms with E-state index in [2.05, 4.69) is 118 Å². The summed E-state index contributed by atoms with van der Waals surface area (Å²) in [5, 5.41) is 37.0. The molecule has 0 radical (unpaired) electrons. The van der Waals surface area contributed by atoms with Crippen molar-refractivity contribution in [3.05, 3.63) is 157 Å². The third-order valence-corrected chi connectivity index (χ3v) is 21.1. The highest BCUT2D eigenvalue weighted by Gasteiger charge is 2.63. The van der Waals surface area contributed by atoms with Gasteiger partial charge in [0.2, 0.25) is 7.38 Å². The smallest absolute Gasteiger partial charge is 0.222 e. The molecule has 4 heterocycles. The number of hydrogen-bond donors (Lipinski definition) is 3. The molecule has 70 heavy (non-hydrogen) atoms. The van der Waals surface area contributed by atoms with Crippen LogP contribution in [0.3, 0.4) is 0 Å². The van der Waals surface area contributed by atoms with E-state index in [1.165, 1.54) is 21.1 Å². The van der Waals surface area contributed by atoms with Crippen LogP contribution in [0.2, 0.25) is 5.04 Å². The van der Waals surface area contributed by atoms with Gasteiger partial charge in [0.15, 0.2) is 24.2 Å². The fraction of sp³-hybridized carbons (Fsp3) is 0.439. The van der Waals surface area contributed by atoms with E-state index < -0.39 is 61.1 Å². The Bertz CT molecular complexity index is 2480. The van der Waals surface area contributed by atoms with Gasteiger partial charge in [-0.2, -0.15) is 11.1 Å². The first-order valence-corrected chi connectivity index (χ1v) is 27.3. The second-order valence-corrected chi connectivity index (χ2v) is 26.3. The Morgan fingerprint density at radius 3 is 1.26 bits per heavy atom. The molecule has 4 aliphatic rings. The predicted molar refractivity (Wildman–Crippen MR) is 275 cm³/mol. The van der Waals surface area contributed by atoms with E-state index in [1.807, 2.05) is 69.3 Å². The number of aliphatic hydroxyl groups is 3. The maximum atomic E-state index is 9.99.